The van der Waals surface area contributed by atoms with Gasteiger partial charge in [-0.3, -0.25) is 9.59 Å². The number of halogens is 1. The fraction of sp³-hybridized carbons (Fsp3) is 0.516. The molecule has 0 radical (unpaired) electrons. The SMILES string of the molecule is Cc1c2c(c(C)c([C@H](OC(C)(C)C)C(=O)O)c1NC(=O)CC1CCCCC1)CN(C(=O)c1cccc(F)c1)C2. The van der Waals surface area contributed by atoms with Gasteiger partial charge in [-0.1, -0.05) is 25.3 Å². The largest absolute Gasteiger partial charge is 0.479 e. The number of fused-ring (bicyclic) bond motifs is 1. The lowest BCUT2D eigenvalue weighted by molar-refractivity contribution is -0.160. The molecule has 39 heavy (non-hydrogen) atoms. The van der Waals surface area contributed by atoms with Crippen molar-refractivity contribution in [3.63, 3.8) is 0 Å². The van der Waals surface area contributed by atoms with Crippen molar-refractivity contribution in [3.8, 4) is 0 Å². The number of aliphatic carboxylic acids is 1. The molecule has 2 aliphatic rings. The topological polar surface area (TPSA) is 95.9 Å². The highest BCUT2D eigenvalue weighted by atomic mass is 19.1. The quantitative estimate of drug-likeness (QED) is 0.422. The molecule has 0 bridgehead atoms. The number of rotatable bonds is 7. The minimum absolute atomic E-state index is 0.142. The lowest BCUT2D eigenvalue weighted by Gasteiger charge is -2.30. The number of carboxylic acids is 1. The van der Waals surface area contributed by atoms with Gasteiger partial charge in [-0.15, -0.1) is 0 Å². The maximum Gasteiger partial charge on any atom is 0.337 e. The number of carbonyl (C=O) groups is 3. The zero-order valence-electron chi connectivity index (χ0n) is 23.5. The van der Waals surface area contributed by atoms with Crippen LogP contribution in [-0.4, -0.2) is 33.4 Å². The highest BCUT2D eigenvalue weighted by Gasteiger charge is 2.37. The molecule has 2 amide bonds. The molecule has 1 aliphatic carbocycles. The number of amides is 2. The van der Waals surface area contributed by atoms with Gasteiger partial charge in [0.1, 0.15) is 5.82 Å². The molecule has 2 aromatic rings. The van der Waals surface area contributed by atoms with Gasteiger partial charge < -0.3 is 20.1 Å². The Bertz CT molecular complexity index is 1280. The first-order valence-electron chi connectivity index (χ1n) is 13.8. The zero-order chi connectivity index (χ0) is 28.5. The Morgan fingerprint density at radius 3 is 2.31 bits per heavy atom. The second kappa shape index (κ2) is 11.5. The van der Waals surface area contributed by atoms with E-state index in [-0.39, 0.29) is 30.5 Å². The van der Waals surface area contributed by atoms with Crippen molar-refractivity contribution in [2.75, 3.05) is 5.32 Å². The fourth-order valence-corrected chi connectivity index (χ4v) is 5.89. The maximum absolute atomic E-state index is 13.8. The lowest BCUT2D eigenvalue weighted by atomic mass is 9.86. The van der Waals surface area contributed by atoms with Crippen LogP contribution < -0.4 is 5.32 Å². The van der Waals surface area contributed by atoms with Gasteiger partial charge in [-0.05, 0) is 93.8 Å². The van der Waals surface area contributed by atoms with Gasteiger partial charge in [-0.25, -0.2) is 9.18 Å². The molecule has 210 valence electrons. The lowest BCUT2D eigenvalue weighted by Crippen LogP contribution is -2.30. The monoisotopic (exact) mass is 538 g/mol. The molecular formula is C31H39FN2O5. The van der Waals surface area contributed by atoms with Crippen molar-refractivity contribution in [2.45, 2.75) is 97.9 Å². The summed E-state index contributed by atoms with van der Waals surface area (Å²) in [6, 6.07) is 5.58. The minimum Gasteiger partial charge on any atom is -0.479 e. The number of nitrogens with one attached hydrogen (secondary N) is 1. The van der Waals surface area contributed by atoms with Crippen LogP contribution in [0.5, 0.6) is 0 Å². The summed E-state index contributed by atoms with van der Waals surface area (Å²) in [5, 5.41) is 13.3. The second-order valence-electron chi connectivity index (χ2n) is 11.9. The van der Waals surface area contributed by atoms with Crippen molar-refractivity contribution in [1.29, 1.82) is 0 Å². The molecule has 1 aliphatic heterocycles. The van der Waals surface area contributed by atoms with Crippen LogP contribution in [0.15, 0.2) is 24.3 Å². The summed E-state index contributed by atoms with van der Waals surface area (Å²) >= 11 is 0. The van der Waals surface area contributed by atoms with Gasteiger partial charge in [0.25, 0.3) is 5.91 Å². The Morgan fingerprint density at radius 1 is 1.08 bits per heavy atom. The summed E-state index contributed by atoms with van der Waals surface area (Å²) in [6.07, 6.45) is 4.55. The van der Waals surface area contributed by atoms with Crippen LogP contribution in [0, 0.1) is 25.6 Å². The molecule has 2 N–H and O–H groups in total. The van der Waals surface area contributed by atoms with E-state index >= 15 is 0 Å². The van der Waals surface area contributed by atoms with Crippen LogP contribution in [0.1, 0.15) is 104 Å². The van der Waals surface area contributed by atoms with Gasteiger partial charge >= 0.3 is 5.97 Å². The molecule has 1 saturated carbocycles. The molecule has 2 aromatic carbocycles. The van der Waals surface area contributed by atoms with E-state index in [1.165, 1.54) is 24.6 Å². The summed E-state index contributed by atoms with van der Waals surface area (Å²) in [5.41, 5.74) is 3.45. The summed E-state index contributed by atoms with van der Waals surface area (Å²) < 4.78 is 19.9. The Kier molecular flexibility index (Phi) is 8.45. The third-order valence-electron chi connectivity index (χ3n) is 7.80. The van der Waals surface area contributed by atoms with E-state index in [0.717, 1.165) is 42.4 Å². The number of carboxylic acid groups (broad SMARTS) is 1. The Morgan fingerprint density at radius 2 is 1.72 bits per heavy atom. The average Bonchev–Trinajstić information content (AvgIpc) is 3.32. The van der Waals surface area contributed by atoms with E-state index in [0.29, 0.717) is 29.2 Å². The molecule has 0 saturated heterocycles. The molecule has 8 heteroatoms. The molecule has 0 aromatic heterocycles. The molecule has 4 rings (SSSR count). The third-order valence-corrected chi connectivity index (χ3v) is 7.80. The Balaban J connectivity index is 1.75. The predicted octanol–water partition coefficient (Wildman–Crippen LogP) is 6.45. The van der Waals surface area contributed by atoms with Gasteiger partial charge in [-0.2, -0.15) is 0 Å². The van der Waals surface area contributed by atoms with Crippen molar-refractivity contribution < 1.29 is 28.6 Å². The number of ether oxygens (including phenoxy) is 1. The van der Waals surface area contributed by atoms with Crippen LogP contribution in [0.25, 0.3) is 0 Å². The molecule has 0 unspecified atom stereocenters. The molecule has 1 atom stereocenters. The molecule has 1 fully saturated rings. The van der Waals surface area contributed by atoms with Crippen LogP contribution in [-0.2, 0) is 27.4 Å². The minimum atomic E-state index is -1.31. The summed E-state index contributed by atoms with van der Waals surface area (Å²) in [6.45, 7) is 9.58. The first-order valence-corrected chi connectivity index (χ1v) is 13.8. The van der Waals surface area contributed by atoms with Crippen molar-refractivity contribution in [2.24, 2.45) is 5.92 Å². The van der Waals surface area contributed by atoms with E-state index < -0.39 is 23.5 Å². The van der Waals surface area contributed by atoms with Gasteiger partial charge in [0.15, 0.2) is 6.10 Å². The summed E-state index contributed by atoms with van der Waals surface area (Å²) in [7, 11) is 0. The van der Waals surface area contributed by atoms with Crippen LogP contribution in [0.2, 0.25) is 0 Å². The first kappa shape index (κ1) is 28.7. The summed E-state index contributed by atoms with van der Waals surface area (Å²) in [4.78, 5) is 40.7. The number of nitrogens with zero attached hydrogens (tertiary/aromatic N) is 1. The van der Waals surface area contributed by atoms with Crippen LogP contribution in [0.3, 0.4) is 0 Å². The Hall–Kier alpha value is -3.26. The van der Waals surface area contributed by atoms with E-state index in [9.17, 15) is 23.9 Å². The van der Waals surface area contributed by atoms with E-state index in [4.69, 9.17) is 4.74 Å². The van der Waals surface area contributed by atoms with Crippen LogP contribution in [0.4, 0.5) is 10.1 Å². The van der Waals surface area contributed by atoms with Crippen molar-refractivity contribution >= 4 is 23.5 Å². The highest BCUT2D eigenvalue weighted by Crippen LogP contribution is 2.42. The number of hydrogen-bond acceptors (Lipinski definition) is 4. The van der Waals surface area contributed by atoms with E-state index in [1.807, 2.05) is 13.8 Å². The molecular weight excluding hydrogens is 499 g/mol. The smallest absolute Gasteiger partial charge is 0.337 e. The summed E-state index contributed by atoms with van der Waals surface area (Å²) in [5.74, 6) is -1.77. The normalized spacial score (nSPS) is 16.6. The average molecular weight is 539 g/mol. The first-order chi connectivity index (χ1) is 18.4. The maximum atomic E-state index is 13.8. The number of hydrogen-bond donors (Lipinski definition) is 2. The Labute approximate surface area is 229 Å². The van der Waals surface area contributed by atoms with Gasteiger partial charge in [0, 0.05) is 30.6 Å². The number of benzene rings is 2. The van der Waals surface area contributed by atoms with E-state index in [1.54, 1.807) is 31.7 Å². The standard InChI is InChI=1S/C31H39FN2O5/c1-18-23-16-34(29(36)21-12-9-13-22(32)15-21)17-24(23)19(2)27(26(18)28(30(37)38)39-31(3,4)5)33-25(35)14-20-10-7-6-8-11-20/h9,12-13,15,20,28H,6-8,10-11,14,16-17H2,1-5H3,(H,33,35)(H,37,38)/t28-/m0/s1. The predicted molar refractivity (Wildman–Crippen MR) is 147 cm³/mol. The van der Waals surface area contributed by atoms with Gasteiger partial charge in [0.05, 0.1) is 11.3 Å². The molecule has 1 heterocycles. The van der Waals surface area contributed by atoms with Crippen molar-refractivity contribution in [3.05, 3.63) is 63.5 Å². The fourth-order valence-electron chi connectivity index (χ4n) is 5.89. The molecule has 0 spiro atoms. The van der Waals surface area contributed by atoms with Gasteiger partial charge in [0.2, 0.25) is 5.91 Å². The highest BCUT2D eigenvalue weighted by molar-refractivity contribution is 5.96. The zero-order valence-corrected chi connectivity index (χ0v) is 23.5. The molecule has 7 nitrogen and oxygen atoms in total. The number of carbonyl (C=O) groups excluding carboxylic acids is 2. The second-order valence-corrected chi connectivity index (χ2v) is 11.9. The van der Waals surface area contributed by atoms with Crippen LogP contribution >= 0.6 is 0 Å². The van der Waals surface area contributed by atoms with Crippen molar-refractivity contribution in [1.82, 2.24) is 4.90 Å². The third kappa shape index (κ3) is 6.49. The van der Waals surface area contributed by atoms with E-state index in [2.05, 4.69) is 5.32 Å². The number of anilines is 1.